The van der Waals surface area contributed by atoms with Crippen LogP contribution in [0.25, 0.3) is 0 Å². The first-order valence-electron chi connectivity index (χ1n) is 10.2. The lowest BCUT2D eigenvalue weighted by Crippen LogP contribution is -2.38. The van der Waals surface area contributed by atoms with Gasteiger partial charge in [-0.1, -0.05) is 30.3 Å². The molecule has 1 aliphatic rings. The van der Waals surface area contributed by atoms with Crippen molar-refractivity contribution < 1.29 is 19.1 Å². The first-order valence-corrected chi connectivity index (χ1v) is 10.2. The molecule has 0 N–H and O–H groups in total. The molecule has 0 atom stereocenters. The van der Waals surface area contributed by atoms with E-state index in [1.807, 2.05) is 78.9 Å². The quantitative estimate of drug-likeness (QED) is 0.587. The maximum Gasteiger partial charge on any atom is 0.227 e. The van der Waals surface area contributed by atoms with E-state index in [4.69, 9.17) is 9.47 Å². The molecule has 3 aromatic carbocycles. The van der Waals surface area contributed by atoms with Gasteiger partial charge in [-0.25, -0.2) is 0 Å². The Morgan fingerprint density at radius 3 is 2.35 bits per heavy atom. The van der Waals surface area contributed by atoms with Crippen molar-refractivity contribution in [1.82, 2.24) is 0 Å². The molecular weight excluding hydrogens is 392 g/mol. The monoisotopic (exact) mass is 416 g/mol. The number of hydrogen-bond donors (Lipinski definition) is 0. The van der Waals surface area contributed by atoms with Crippen molar-refractivity contribution in [2.24, 2.45) is 0 Å². The second kappa shape index (κ2) is 9.34. The number of anilines is 2. The number of para-hydroxylation sites is 3. The average Bonchev–Trinajstić information content (AvgIpc) is 2.82. The van der Waals surface area contributed by atoms with Crippen LogP contribution in [0, 0.1) is 0 Å². The maximum absolute atomic E-state index is 12.7. The molecule has 1 aliphatic heterocycles. The summed E-state index contributed by atoms with van der Waals surface area (Å²) >= 11 is 0. The molecule has 0 radical (unpaired) electrons. The number of carbonyl (C=O) groups is 2. The van der Waals surface area contributed by atoms with Crippen molar-refractivity contribution >= 4 is 23.2 Å². The van der Waals surface area contributed by atoms with E-state index < -0.39 is 0 Å². The zero-order valence-electron chi connectivity index (χ0n) is 17.4. The summed E-state index contributed by atoms with van der Waals surface area (Å²) in [7, 11) is 1.71. The third-order valence-electron chi connectivity index (χ3n) is 5.16. The number of nitrogens with zero attached hydrogens (tertiary/aromatic N) is 2. The number of ether oxygens (including phenoxy) is 2. The van der Waals surface area contributed by atoms with Crippen molar-refractivity contribution in [3.8, 4) is 17.2 Å². The lowest BCUT2D eigenvalue weighted by Gasteiger charge is -2.29. The predicted molar refractivity (Wildman–Crippen MR) is 120 cm³/mol. The zero-order chi connectivity index (χ0) is 21.6. The topological polar surface area (TPSA) is 59.1 Å². The summed E-state index contributed by atoms with van der Waals surface area (Å²) in [4.78, 5) is 28.6. The van der Waals surface area contributed by atoms with Crippen LogP contribution in [0.4, 0.5) is 11.4 Å². The Bertz CT molecular complexity index is 1050. The molecule has 0 bridgehead atoms. The summed E-state index contributed by atoms with van der Waals surface area (Å²) in [5.41, 5.74) is 1.50. The van der Waals surface area contributed by atoms with Gasteiger partial charge in [0.15, 0.2) is 0 Å². The molecule has 1 heterocycles. The van der Waals surface area contributed by atoms with Gasteiger partial charge in [0, 0.05) is 25.6 Å². The molecule has 6 nitrogen and oxygen atoms in total. The van der Waals surface area contributed by atoms with E-state index in [1.165, 1.54) is 0 Å². The van der Waals surface area contributed by atoms with E-state index in [2.05, 4.69) is 0 Å². The van der Waals surface area contributed by atoms with Crippen LogP contribution < -0.4 is 19.3 Å². The summed E-state index contributed by atoms with van der Waals surface area (Å²) < 4.78 is 11.4. The molecule has 0 unspecified atom stereocenters. The molecular formula is C25H24N2O4. The summed E-state index contributed by atoms with van der Waals surface area (Å²) in [6.45, 7) is 0.941. The Kier molecular flexibility index (Phi) is 6.17. The Balaban J connectivity index is 1.33. The highest BCUT2D eigenvalue weighted by molar-refractivity contribution is 5.99. The number of hydrogen-bond acceptors (Lipinski definition) is 4. The normalized spacial score (nSPS) is 12.5. The number of rotatable bonds is 6. The van der Waals surface area contributed by atoms with Crippen molar-refractivity contribution in [2.45, 2.75) is 12.8 Å². The van der Waals surface area contributed by atoms with E-state index in [1.54, 1.807) is 16.8 Å². The molecule has 4 rings (SSSR count). The van der Waals surface area contributed by atoms with Crippen LogP contribution in [0.1, 0.15) is 12.8 Å². The van der Waals surface area contributed by atoms with Crippen molar-refractivity contribution in [2.75, 3.05) is 30.0 Å². The summed E-state index contributed by atoms with van der Waals surface area (Å²) in [6.07, 6.45) is 0.282. The van der Waals surface area contributed by atoms with E-state index in [-0.39, 0.29) is 24.7 Å². The van der Waals surface area contributed by atoms with Crippen molar-refractivity contribution in [3.63, 3.8) is 0 Å². The van der Waals surface area contributed by atoms with Crippen LogP contribution in [-0.2, 0) is 9.59 Å². The Morgan fingerprint density at radius 1 is 0.903 bits per heavy atom. The second-order valence-electron chi connectivity index (χ2n) is 7.22. The minimum Gasteiger partial charge on any atom is -0.490 e. The first kappa shape index (κ1) is 20.5. The van der Waals surface area contributed by atoms with Gasteiger partial charge in [0.2, 0.25) is 11.8 Å². The fourth-order valence-corrected chi connectivity index (χ4v) is 3.45. The minimum atomic E-state index is -0.119. The lowest BCUT2D eigenvalue weighted by atomic mass is 10.2. The Morgan fingerprint density at radius 2 is 1.58 bits per heavy atom. The lowest BCUT2D eigenvalue weighted by molar-refractivity contribution is -0.123. The largest absolute Gasteiger partial charge is 0.490 e. The molecule has 0 spiro atoms. The van der Waals surface area contributed by atoms with Gasteiger partial charge < -0.3 is 19.3 Å². The van der Waals surface area contributed by atoms with E-state index in [0.29, 0.717) is 24.7 Å². The molecule has 6 heteroatoms. The minimum absolute atomic E-state index is 0.0795. The molecule has 0 saturated heterocycles. The highest BCUT2D eigenvalue weighted by Gasteiger charge is 2.24. The third-order valence-corrected chi connectivity index (χ3v) is 5.16. The highest BCUT2D eigenvalue weighted by atomic mass is 16.5. The zero-order valence-corrected chi connectivity index (χ0v) is 17.4. The number of fused-ring (bicyclic) bond motifs is 1. The van der Waals surface area contributed by atoms with Gasteiger partial charge in [-0.2, -0.15) is 0 Å². The molecule has 0 saturated carbocycles. The Hall–Kier alpha value is -3.80. The van der Waals surface area contributed by atoms with E-state index in [9.17, 15) is 9.59 Å². The fraction of sp³-hybridized carbons (Fsp3) is 0.200. The van der Waals surface area contributed by atoms with E-state index in [0.717, 1.165) is 17.1 Å². The van der Waals surface area contributed by atoms with Crippen LogP contribution in [-0.4, -0.2) is 32.0 Å². The third kappa shape index (κ3) is 4.86. The molecule has 0 fully saturated rings. The van der Waals surface area contributed by atoms with Crippen LogP contribution in [0.2, 0.25) is 0 Å². The van der Waals surface area contributed by atoms with Gasteiger partial charge in [-0.15, -0.1) is 0 Å². The van der Waals surface area contributed by atoms with Gasteiger partial charge >= 0.3 is 0 Å². The van der Waals surface area contributed by atoms with Crippen molar-refractivity contribution in [1.29, 1.82) is 0 Å². The average molecular weight is 416 g/mol. The van der Waals surface area contributed by atoms with Crippen LogP contribution in [0.15, 0.2) is 78.9 Å². The standard InChI is InChI=1S/C25H24N2O4/c1-26(19-11-13-21(14-12-19)31-20-7-3-2-4-8-20)24(28)15-16-25(29)27-17-18-30-23-10-6-5-9-22(23)27/h2-14H,15-18H2,1H3. The SMILES string of the molecule is CN(C(=O)CCC(=O)N1CCOc2ccccc21)c1ccc(Oc2ccccc2)cc1. The Labute approximate surface area is 181 Å². The summed E-state index contributed by atoms with van der Waals surface area (Å²) in [5, 5.41) is 0. The molecule has 0 aliphatic carbocycles. The molecule has 3 aromatic rings. The van der Waals surface area contributed by atoms with Crippen LogP contribution in [0.3, 0.4) is 0 Å². The van der Waals surface area contributed by atoms with Crippen molar-refractivity contribution in [3.05, 3.63) is 78.9 Å². The highest BCUT2D eigenvalue weighted by Crippen LogP contribution is 2.31. The summed E-state index contributed by atoms with van der Waals surface area (Å²) in [5.74, 6) is 1.94. The molecule has 0 aromatic heterocycles. The first-order chi connectivity index (χ1) is 15.1. The molecule has 2 amide bonds. The van der Waals surface area contributed by atoms with Crippen LogP contribution in [0.5, 0.6) is 17.2 Å². The molecule has 31 heavy (non-hydrogen) atoms. The second-order valence-corrected chi connectivity index (χ2v) is 7.22. The van der Waals surface area contributed by atoms with Gasteiger partial charge in [0.1, 0.15) is 23.9 Å². The number of benzene rings is 3. The number of carbonyl (C=O) groups excluding carboxylic acids is 2. The fourth-order valence-electron chi connectivity index (χ4n) is 3.45. The van der Waals surface area contributed by atoms with Crippen LogP contribution >= 0.6 is 0 Å². The van der Waals surface area contributed by atoms with Gasteiger partial charge in [0.25, 0.3) is 0 Å². The number of amides is 2. The van der Waals surface area contributed by atoms with Gasteiger partial charge in [-0.05, 0) is 48.5 Å². The smallest absolute Gasteiger partial charge is 0.227 e. The van der Waals surface area contributed by atoms with E-state index >= 15 is 0 Å². The van der Waals surface area contributed by atoms with Gasteiger partial charge in [-0.3, -0.25) is 9.59 Å². The summed E-state index contributed by atoms with van der Waals surface area (Å²) in [6, 6.07) is 24.3. The predicted octanol–water partition coefficient (Wildman–Crippen LogP) is 4.65. The molecule has 158 valence electrons. The van der Waals surface area contributed by atoms with Gasteiger partial charge in [0.05, 0.1) is 12.2 Å². The maximum atomic E-state index is 12.7.